The summed E-state index contributed by atoms with van der Waals surface area (Å²) in [5.74, 6) is -0.879. The number of carbonyl (C=O) groups excluding carboxylic acids is 1. The lowest BCUT2D eigenvalue weighted by atomic mass is 10.1. The first-order valence-corrected chi connectivity index (χ1v) is 11.9. The van der Waals surface area contributed by atoms with Gasteiger partial charge in [-0.15, -0.1) is 0 Å². The number of nitrogens with one attached hydrogen (secondary N) is 1. The summed E-state index contributed by atoms with van der Waals surface area (Å²) in [6.07, 6.45) is 0. The van der Waals surface area contributed by atoms with Gasteiger partial charge < -0.3 is 5.32 Å². The molecule has 1 N–H and O–H groups in total. The maximum absolute atomic E-state index is 13.3. The standard InChI is InChI=1S/C23H21Cl2FN2O3S/c1-16(18-5-9-21(26)10-6-18)27-23(29)15-28(14-17-3-2-4-20(25)13-17)32(30,31)22-11-7-19(24)8-12-22/h2-13,16H,14-15H2,1H3,(H,27,29)/t16-/m0/s1. The van der Waals surface area contributed by atoms with Crippen LogP contribution < -0.4 is 5.32 Å². The van der Waals surface area contributed by atoms with Crippen molar-refractivity contribution in [2.24, 2.45) is 0 Å². The maximum Gasteiger partial charge on any atom is 0.243 e. The zero-order valence-corrected chi connectivity index (χ0v) is 19.5. The molecule has 3 rings (SSSR count). The highest BCUT2D eigenvalue weighted by atomic mass is 35.5. The Kier molecular flexibility index (Phi) is 7.90. The fraction of sp³-hybridized carbons (Fsp3) is 0.174. The minimum absolute atomic E-state index is 0.0170. The van der Waals surface area contributed by atoms with E-state index < -0.39 is 28.5 Å². The van der Waals surface area contributed by atoms with E-state index >= 15 is 0 Å². The number of benzene rings is 3. The SMILES string of the molecule is C[C@H](NC(=O)CN(Cc1cccc(Cl)c1)S(=O)(=O)c1ccc(Cl)cc1)c1ccc(F)cc1. The second-order valence-corrected chi connectivity index (χ2v) is 10.0. The number of sulfonamides is 1. The van der Waals surface area contributed by atoms with Gasteiger partial charge in [0.05, 0.1) is 17.5 Å². The fourth-order valence-electron chi connectivity index (χ4n) is 3.10. The Balaban J connectivity index is 1.83. The Morgan fingerprint density at radius 1 is 1.00 bits per heavy atom. The summed E-state index contributed by atoms with van der Waals surface area (Å²) in [5.41, 5.74) is 1.33. The molecule has 9 heteroatoms. The minimum atomic E-state index is -4.01. The molecule has 32 heavy (non-hydrogen) atoms. The van der Waals surface area contributed by atoms with Crippen molar-refractivity contribution in [3.8, 4) is 0 Å². The number of rotatable bonds is 8. The Labute approximate surface area is 196 Å². The van der Waals surface area contributed by atoms with E-state index in [-0.39, 0.29) is 17.3 Å². The van der Waals surface area contributed by atoms with Crippen molar-refractivity contribution in [2.45, 2.75) is 24.4 Å². The van der Waals surface area contributed by atoms with Crippen LogP contribution in [0.3, 0.4) is 0 Å². The highest BCUT2D eigenvalue weighted by Crippen LogP contribution is 2.22. The molecular formula is C23H21Cl2FN2O3S. The lowest BCUT2D eigenvalue weighted by molar-refractivity contribution is -0.122. The van der Waals surface area contributed by atoms with Crippen molar-refractivity contribution < 1.29 is 17.6 Å². The van der Waals surface area contributed by atoms with Crippen LogP contribution in [0, 0.1) is 5.82 Å². The second kappa shape index (κ2) is 10.4. The lowest BCUT2D eigenvalue weighted by Gasteiger charge is -2.23. The number of hydrogen-bond donors (Lipinski definition) is 1. The summed E-state index contributed by atoms with van der Waals surface area (Å²) >= 11 is 11.9. The number of carbonyl (C=O) groups is 1. The van der Waals surface area contributed by atoms with Crippen LogP contribution in [0.5, 0.6) is 0 Å². The van der Waals surface area contributed by atoms with Crippen molar-refractivity contribution in [3.63, 3.8) is 0 Å². The van der Waals surface area contributed by atoms with E-state index in [1.165, 1.54) is 36.4 Å². The molecule has 5 nitrogen and oxygen atoms in total. The molecule has 1 atom stereocenters. The van der Waals surface area contributed by atoms with E-state index in [9.17, 15) is 17.6 Å². The summed E-state index contributed by atoms with van der Waals surface area (Å²) in [6, 6.07) is 17.8. The lowest BCUT2D eigenvalue weighted by Crippen LogP contribution is -2.41. The molecule has 0 heterocycles. The molecule has 0 fully saturated rings. The third kappa shape index (κ3) is 6.29. The van der Waals surface area contributed by atoms with Crippen LogP contribution in [0.2, 0.25) is 10.0 Å². The Hall–Kier alpha value is -2.45. The highest BCUT2D eigenvalue weighted by molar-refractivity contribution is 7.89. The highest BCUT2D eigenvalue weighted by Gasteiger charge is 2.27. The molecule has 3 aromatic rings. The van der Waals surface area contributed by atoms with Gasteiger partial charge in [-0.2, -0.15) is 4.31 Å². The van der Waals surface area contributed by atoms with Crippen LogP contribution in [0.15, 0.2) is 77.7 Å². The molecule has 0 spiro atoms. The molecular weight excluding hydrogens is 474 g/mol. The van der Waals surface area contributed by atoms with Gasteiger partial charge in [0.2, 0.25) is 15.9 Å². The van der Waals surface area contributed by atoms with Crippen LogP contribution in [0.25, 0.3) is 0 Å². The third-order valence-electron chi connectivity index (χ3n) is 4.77. The number of halogens is 3. The quantitative estimate of drug-likeness (QED) is 0.467. The smallest absolute Gasteiger partial charge is 0.243 e. The number of nitrogens with zero attached hydrogens (tertiary/aromatic N) is 1. The van der Waals surface area contributed by atoms with E-state index in [2.05, 4.69) is 5.32 Å². The van der Waals surface area contributed by atoms with Crippen molar-refractivity contribution in [2.75, 3.05) is 6.54 Å². The zero-order valence-electron chi connectivity index (χ0n) is 17.1. The largest absolute Gasteiger partial charge is 0.348 e. The van der Waals surface area contributed by atoms with E-state index in [0.29, 0.717) is 21.2 Å². The fourth-order valence-corrected chi connectivity index (χ4v) is 4.83. The summed E-state index contributed by atoms with van der Waals surface area (Å²) in [6.45, 7) is 1.27. The average molecular weight is 495 g/mol. The maximum atomic E-state index is 13.3. The molecule has 0 unspecified atom stereocenters. The van der Waals surface area contributed by atoms with Crippen molar-refractivity contribution in [1.82, 2.24) is 9.62 Å². The van der Waals surface area contributed by atoms with Crippen molar-refractivity contribution in [3.05, 3.63) is 99.8 Å². The van der Waals surface area contributed by atoms with Gasteiger partial charge in [-0.25, -0.2) is 12.8 Å². The monoisotopic (exact) mass is 494 g/mol. The number of amides is 1. The topological polar surface area (TPSA) is 66.5 Å². The van der Waals surface area contributed by atoms with Gasteiger partial charge in [0.15, 0.2) is 0 Å². The average Bonchev–Trinajstić information content (AvgIpc) is 2.74. The molecule has 0 bridgehead atoms. The third-order valence-corrected chi connectivity index (χ3v) is 7.06. The van der Waals surface area contributed by atoms with Crippen LogP contribution >= 0.6 is 23.2 Å². The predicted molar refractivity (Wildman–Crippen MR) is 123 cm³/mol. The summed E-state index contributed by atoms with van der Waals surface area (Å²) in [4.78, 5) is 12.8. The van der Waals surface area contributed by atoms with Crippen LogP contribution in [-0.4, -0.2) is 25.2 Å². The predicted octanol–water partition coefficient (Wildman–Crippen LogP) is 5.20. The van der Waals surface area contributed by atoms with Gasteiger partial charge in [-0.05, 0) is 66.6 Å². The van der Waals surface area contributed by atoms with E-state index in [1.54, 1.807) is 43.3 Å². The zero-order chi connectivity index (χ0) is 23.3. The minimum Gasteiger partial charge on any atom is -0.348 e. The van der Waals surface area contributed by atoms with Crippen LogP contribution in [0.1, 0.15) is 24.1 Å². The Morgan fingerprint density at radius 2 is 1.66 bits per heavy atom. The number of hydrogen-bond acceptors (Lipinski definition) is 3. The summed E-state index contributed by atoms with van der Waals surface area (Å²) in [5, 5.41) is 3.62. The molecule has 1 amide bonds. The molecule has 0 radical (unpaired) electrons. The first kappa shape index (κ1) is 24.2. The molecule has 0 aliphatic rings. The molecule has 0 aliphatic carbocycles. The summed E-state index contributed by atoms with van der Waals surface area (Å²) < 4.78 is 40.8. The summed E-state index contributed by atoms with van der Waals surface area (Å²) in [7, 11) is -4.01. The van der Waals surface area contributed by atoms with Gasteiger partial charge in [0.25, 0.3) is 0 Å². The normalized spacial score (nSPS) is 12.5. The molecule has 0 saturated heterocycles. The van der Waals surface area contributed by atoms with Gasteiger partial charge in [-0.1, -0.05) is 47.5 Å². The molecule has 0 aliphatic heterocycles. The van der Waals surface area contributed by atoms with Crippen molar-refractivity contribution >= 4 is 39.1 Å². The van der Waals surface area contributed by atoms with Crippen LogP contribution in [-0.2, 0) is 21.4 Å². The van der Waals surface area contributed by atoms with E-state index in [1.807, 2.05) is 0 Å². The van der Waals surface area contributed by atoms with Crippen LogP contribution in [0.4, 0.5) is 4.39 Å². The van der Waals surface area contributed by atoms with Gasteiger partial charge in [0.1, 0.15) is 5.82 Å². The first-order valence-electron chi connectivity index (χ1n) is 9.70. The molecule has 0 aromatic heterocycles. The second-order valence-electron chi connectivity index (χ2n) is 7.20. The van der Waals surface area contributed by atoms with E-state index in [0.717, 1.165) is 4.31 Å². The van der Waals surface area contributed by atoms with Crippen molar-refractivity contribution in [1.29, 1.82) is 0 Å². The molecule has 0 saturated carbocycles. The van der Waals surface area contributed by atoms with E-state index in [4.69, 9.17) is 23.2 Å². The first-order chi connectivity index (χ1) is 15.1. The molecule has 168 valence electrons. The van der Waals surface area contributed by atoms with Gasteiger partial charge >= 0.3 is 0 Å². The van der Waals surface area contributed by atoms with Gasteiger partial charge in [-0.3, -0.25) is 4.79 Å². The Bertz CT molecular complexity index is 1190. The Morgan fingerprint density at radius 3 is 2.28 bits per heavy atom. The van der Waals surface area contributed by atoms with Gasteiger partial charge in [0, 0.05) is 16.6 Å². The molecule has 3 aromatic carbocycles.